The first-order chi connectivity index (χ1) is 14.9. The largest absolute Gasteiger partial charge is 0.459 e. The molecule has 0 aliphatic rings. The van der Waals surface area contributed by atoms with E-state index >= 15 is 0 Å². The Morgan fingerprint density at radius 2 is 1.74 bits per heavy atom. The lowest BCUT2D eigenvalue weighted by molar-refractivity contribution is -0.118. The zero-order valence-electron chi connectivity index (χ0n) is 17.2. The number of hydrogen-bond donors (Lipinski definition) is 2. The highest BCUT2D eigenvalue weighted by Crippen LogP contribution is 2.25. The average molecular weight is 427 g/mol. The monoisotopic (exact) mass is 427 g/mol. The molecule has 2 rings (SSSR count). The number of carbonyl (C=O) groups excluding carboxylic acids is 3. The summed E-state index contributed by atoms with van der Waals surface area (Å²) in [5.41, 5.74) is 0.167. The van der Waals surface area contributed by atoms with Crippen LogP contribution in [0.15, 0.2) is 67.3 Å². The zero-order valence-corrected chi connectivity index (χ0v) is 17.2. The molecule has 1 amide bonds. The Bertz CT molecular complexity index is 898. The van der Waals surface area contributed by atoms with Crippen molar-refractivity contribution in [2.45, 2.75) is 25.5 Å². The maximum absolute atomic E-state index is 12.6. The van der Waals surface area contributed by atoms with Crippen LogP contribution in [0.2, 0.25) is 0 Å². The van der Waals surface area contributed by atoms with E-state index in [1.165, 1.54) is 19.1 Å². The lowest BCUT2D eigenvalue weighted by Crippen LogP contribution is -2.46. The molecule has 0 bridgehead atoms. The maximum atomic E-state index is 12.6. The molecular formula is C23H25NO7. The fraction of sp³-hybridized carbons (Fsp3) is 0.261. The average Bonchev–Trinajstić information content (AvgIpc) is 2.76. The van der Waals surface area contributed by atoms with Gasteiger partial charge in [-0.1, -0.05) is 43.0 Å². The molecule has 2 N–H and O–H groups in total. The summed E-state index contributed by atoms with van der Waals surface area (Å²) < 4.78 is 15.7. The third-order valence-corrected chi connectivity index (χ3v) is 4.07. The first-order valence-corrected chi connectivity index (χ1v) is 9.61. The molecule has 0 fully saturated rings. The van der Waals surface area contributed by atoms with Crippen molar-refractivity contribution < 1.29 is 33.7 Å². The van der Waals surface area contributed by atoms with Gasteiger partial charge in [-0.15, -0.1) is 0 Å². The molecule has 0 spiro atoms. The van der Waals surface area contributed by atoms with Crippen molar-refractivity contribution in [2.75, 3.05) is 13.2 Å². The summed E-state index contributed by atoms with van der Waals surface area (Å²) in [6.45, 7) is 4.28. The summed E-state index contributed by atoms with van der Waals surface area (Å²) in [5.74, 6) is -0.145. The van der Waals surface area contributed by atoms with Gasteiger partial charge in [0.1, 0.15) is 42.2 Å². The number of ether oxygens (including phenoxy) is 3. The van der Waals surface area contributed by atoms with E-state index in [9.17, 15) is 19.5 Å². The van der Waals surface area contributed by atoms with Gasteiger partial charge >= 0.3 is 12.1 Å². The fourth-order valence-electron chi connectivity index (χ4n) is 2.62. The van der Waals surface area contributed by atoms with Crippen LogP contribution in [0.25, 0.3) is 0 Å². The normalized spacial score (nSPS) is 12.2. The van der Waals surface area contributed by atoms with Gasteiger partial charge in [0, 0.05) is 6.42 Å². The number of ketones is 1. The topological polar surface area (TPSA) is 111 Å². The van der Waals surface area contributed by atoms with Crippen LogP contribution in [0.4, 0.5) is 4.79 Å². The lowest BCUT2D eigenvalue weighted by Gasteiger charge is -2.23. The number of amides is 1. The Balaban J connectivity index is 2.01. The molecule has 0 saturated heterocycles. The van der Waals surface area contributed by atoms with E-state index in [1.807, 2.05) is 6.07 Å². The van der Waals surface area contributed by atoms with Gasteiger partial charge in [-0.25, -0.2) is 9.59 Å². The van der Waals surface area contributed by atoms with Gasteiger partial charge in [0.2, 0.25) is 0 Å². The number of Topliss-reactive ketones (excluding diaryl/α,β-unsaturated/α-hetero) is 1. The molecule has 2 atom stereocenters. The van der Waals surface area contributed by atoms with E-state index < -0.39 is 30.8 Å². The van der Waals surface area contributed by atoms with Crippen molar-refractivity contribution in [1.29, 1.82) is 0 Å². The van der Waals surface area contributed by atoms with Gasteiger partial charge in [0.05, 0.1) is 6.04 Å². The lowest BCUT2D eigenvalue weighted by atomic mass is 10.1. The molecule has 2 aromatic rings. The highest BCUT2D eigenvalue weighted by atomic mass is 16.6. The predicted molar refractivity (Wildman–Crippen MR) is 113 cm³/mol. The van der Waals surface area contributed by atoms with Crippen molar-refractivity contribution in [3.63, 3.8) is 0 Å². The quantitative estimate of drug-likeness (QED) is 0.418. The Labute approximate surface area is 180 Å². The number of hydrogen-bond acceptors (Lipinski definition) is 7. The third kappa shape index (κ3) is 7.94. The second-order valence-corrected chi connectivity index (χ2v) is 6.62. The minimum Gasteiger partial charge on any atom is -0.459 e. The van der Waals surface area contributed by atoms with E-state index in [1.54, 1.807) is 42.5 Å². The first kappa shape index (κ1) is 23.6. The summed E-state index contributed by atoms with van der Waals surface area (Å²) in [4.78, 5) is 35.8. The van der Waals surface area contributed by atoms with Gasteiger partial charge in [0.15, 0.2) is 0 Å². The Kier molecular flexibility index (Phi) is 9.25. The van der Waals surface area contributed by atoms with Crippen molar-refractivity contribution in [1.82, 2.24) is 5.32 Å². The molecule has 1 unspecified atom stereocenters. The van der Waals surface area contributed by atoms with E-state index in [4.69, 9.17) is 14.2 Å². The molecule has 2 aromatic carbocycles. The molecule has 8 heteroatoms. The van der Waals surface area contributed by atoms with E-state index in [-0.39, 0.29) is 24.4 Å². The predicted octanol–water partition coefficient (Wildman–Crippen LogP) is 3.26. The Hall–Kier alpha value is -3.65. The minimum atomic E-state index is -1.33. The fourth-order valence-corrected chi connectivity index (χ4v) is 2.62. The van der Waals surface area contributed by atoms with Crippen LogP contribution >= 0.6 is 0 Å². The van der Waals surface area contributed by atoms with Gasteiger partial charge < -0.3 is 24.6 Å². The molecule has 0 aromatic heterocycles. The number of aliphatic hydroxyl groups is 1. The summed E-state index contributed by atoms with van der Waals surface area (Å²) in [6, 6.07) is 14.5. The van der Waals surface area contributed by atoms with Crippen LogP contribution < -0.4 is 10.1 Å². The maximum Gasteiger partial charge on any atom is 0.407 e. The van der Waals surface area contributed by atoms with Gasteiger partial charge in [0.25, 0.3) is 0 Å². The van der Waals surface area contributed by atoms with Gasteiger partial charge in [-0.05, 0) is 31.2 Å². The number of carbonyl (C=O) groups is 3. The number of alkyl carbamates (subject to hydrolysis) is 1. The van der Waals surface area contributed by atoms with Crippen molar-refractivity contribution >= 4 is 17.8 Å². The molecule has 0 aliphatic heterocycles. The molecule has 31 heavy (non-hydrogen) atoms. The first-order valence-electron chi connectivity index (χ1n) is 9.61. The van der Waals surface area contributed by atoms with Crippen molar-refractivity contribution in [2.24, 2.45) is 0 Å². The number of nitrogens with one attached hydrogen (secondary N) is 1. The van der Waals surface area contributed by atoms with Crippen LogP contribution in [0.1, 0.15) is 23.7 Å². The van der Waals surface area contributed by atoms with Crippen LogP contribution in [-0.2, 0) is 14.3 Å². The molecule has 0 heterocycles. The van der Waals surface area contributed by atoms with Gasteiger partial charge in [-0.2, -0.15) is 0 Å². The molecule has 164 valence electrons. The third-order valence-electron chi connectivity index (χ3n) is 4.07. The van der Waals surface area contributed by atoms with Gasteiger partial charge in [-0.3, -0.25) is 4.79 Å². The molecule has 8 nitrogen and oxygen atoms in total. The summed E-state index contributed by atoms with van der Waals surface area (Å²) >= 11 is 0. The van der Waals surface area contributed by atoms with Crippen LogP contribution in [-0.4, -0.2) is 48.3 Å². The highest BCUT2D eigenvalue weighted by molar-refractivity contribution is 5.92. The Morgan fingerprint density at radius 1 is 1.06 bits per heavy atom. The van der Waals surface area contributed by atoms with Crippen LogP contribution in [0.3, 0.4) is 0 Å². The Morgan fingerprint density at radius 3 is 2.42 bits per heavy atom. The van der Waals surface area contributed by atoms with Crippen molar-refractivity contribution in [3.05, 3.63) is 72.8 Å². The summed E-state index contributed by atoms with van der Waals surface area (Å²) in [6.07, 6.45) is -0.924. The number of aliphatic hydroxyl groups excluding tert-OH is 1. The standard InChI is InChI=1S/C23H25NO7/c1-3-13-29-23(28)24-19(14-16(2)25)20(26)15-30-22(27)18-11-7-8-12-21(18)31-17-9-5-4-6-10-17/h3-12,19-20,26H,1,13-15H2,2H3,(H,24,28)/t19-,20?/m0/s1. The number of para-hydroxylation sites is 2. The SMILES string of the molecule is C=CCOC(=O)N[C@@H](CC(C)=O)C(O)COC(=O)c1ccccc1Oc1ccccc1. The molecule has 0 saturated carbocycles. The van der Waals surface area contributed by atoms with Crippen LogP contribution in [0.5, 0.6) is 11.5 Å². The molecular weight excluding hydrogens is 402 g/mol. The summed E-state index contributed by atoms with van der Waals surface area (Å²) in [7, 11) is 0. The number of esters is 1. The highest BCUT2D eigenvalue weighted by Gasteiger charge is 2.25. The smallest absolute Gasteiger partial charge is 0.407 e. The summed E-state index contributed by atoms with van der Waals surface area (Å²) in [5, 5.41) is 12.8. The molecule has 0 aliphatic carbocycles. The minimum absolute atomic E-state index is 0.0259. The van der Waals surface area contributed by atoms with Crippen LogP contribution in [0, 0.1) is 0 Å². The van der Waals surface area contributed by atoms with E-state index in [0.29, 0.717) is 11.5 Å². The second-order valence-electron chi connectivity index (χ2n) is 6.62. The van der Waals surface area contributed by atoms with E-state index in [0.717, 1.165) is 0 Å². The number of rotatable bonds is 11. The van der Waals surface area contributed by atoms with E-state index in [2.05, 4.69) is 11.9 Å². The zero-order chi connectivity index (χ0) is 22.6. The second kappa shape index (κ2) is 12.1. The molecule has 0 radical (unpaired) electrons. The number of benzene rings is 2. The van der Waals surface area contributed by atoms with Crippen molar-refractivity contribution in [3.8, 4) is 11.5 Å².